The normalized spacial score (nSPS) is 25.5. The van der Waals surface area contributed by atoms with E-state index in [-0.39, 0.29) is 12.2 Å². The molecule has 0 spiro atoms. The van der Waals surface area contributed by atoms with Gasteiger partial charge in [-0.3, -0.25) is 0 Å². The van der Waals surface area contributed by atoms with Crippen molar-refractivity contribution >= 4 is 11.3 Å². The molecule has 0 radical (unpaired) electrons. The van der Waals surface area contributed by atoms with Crippen LogP contribution in [0, 0.1) is 11.3 Å². The predicted octanol–water partition coefficient (Wildman–Crippen LogP) is 2.23. The zero-order valence-electron chi connectivity index (χ0n) is 8.28. The standard InChI is InChI=1S/C10H12N2OS/c1-6-5-8-10(7(2)13-6)14-9(12-8)3-4-11/h6-7H,3,5H2,1-2H3. The van der Waals surface area contributed by atoms with Gasteiger partial charge in [-0.1, -0.05) is 0 Å². The molecule has 0 saturated carbocycles. The lowest BCUT2D eigenvalue weighted by atomic mass is 10.1. The maximum atomic E-state index is 8.58. The van der Waals surface area contributed by atoms with E-state index in [9.17, 15) is 0 Å². The average Bonchev–Trinajstić information content (AvgIpc) is 2.48. The van der Waals surface area contributed by atoms with Crippen LogP contribution in [-0.4, -0.2) is 11.1 Å². The summed E-state index contributed by atoms with van der Waals surface area (Å²) in [6, 6.07) is 2.13. The Bertz CT molecular complexity index is 380. The zero-order chi connectivity index (χ0) is 10.1. The molecular formula is C10H12N2OS. The van der Waals surface area contributed by atoms with E-state index in [1.54, 1.807) is 11.3 Å². The summed E-state index contributed by atoms with van der Waals surface area (Å²) in [4.78, 5) is 5.66. The number of hydrogen-bond donors (Lipinski definition) is 0. The van der Waals surface area contributed by atoms with E-state index in [4.69, 9.17) is 10.00 Å². The van der Waals surface area contributed by atoms with Gasteiger partial charge < -0.3 is 4.74 Å². The van der Waals surface area contributed by atoms with Crippen LogP contribution in [0.1, 0.15) is 35.5 Å². The first-order chi connectivity index (χ1) is 6.70. The molecule has 0 aromatic carbocycles. The van der Waals surface area contributed by atoms with Gasteiger partial charge >= 0.3 is 0 Å². The number of nitriles is 1. The third-order valence-electron chi connectivity index (χ3n) is 2.29. The van der Waals surface area contributed by atoms with Crippen LogP contribution in [0.3, 0.4) is 0 Å². The quantitative estimate of drug-likeness (QED) is 0.711. The number of thiazole rings is 1. The number of hydrogen-bond acceptors (Lipinski definition) is 4. The molecule has 3 nitrogen and oxygen atoms in total. The highest BCUT2D eigenvalue weighted by atomic mass is 32.1. The molecule has 0 bridgehead atoms. The van der Waals surface area contributed by atoms with Gasteiger partial charge in [-0.25, -0.2) is 4.98 Å². The lowest BCUT2D eigenvalue weighted by Gasteiger charge is -2.23. The molecule has 74 valence electrons. The summed E-state index contributed by atoms with van der Waals surface area (Å²) in [6.45, 7) is 4.10. The molecule has 1 aliphatic heterocycles. The minimum Gasteiger partial charge on any atom is -0.370 e. The smallest absolute Gasteiger partial charge is 0.107 e. The van der Waals surface area contributed by atoms with Gasteiger partial charge in [0.2, 0.25) is 0 Å². The minimum absolute atomic E-state index is 0.138. The van der Waals surface area contributed by atoms with Gasteiger partial charge in [0.25, 0.3) is 0 Å². The lowest BCUT2D eigenvalue weighted by molar-refractivity contribution is -0.00318. The Morgan fingerprint density at radius 2 is 2.43 bits per heavy atom. The van der Waals surface area contributed by atoms with Crippen molar-refractivity contribution in [1.29, 1.82) is 5.26 Å². The summed E-state index contributed by atoms with van der Waals surface area (Å²) in [5.41, 5.74) is 1.13. The molecule has 0 fully saturated rings. The van der Waals surface area contributed by atoms with Crippen molar-refractivity contribution in [2.45, 2.75) is 38.9 Å². The van der Waals surface area contributed by atoms with E-state index in [1.807, 2.05) is 6.92 Å². The van der Waals surface area contributed by atoms with Crippen molar-refractivity contribution < 1.29 is 4.74 Å². The molecule has 2 heterocycles. The van der Waals surface area contributed by atoms with Crippen LogP contribution < -0.4 is 0 Å². The Morgan fingerprint density at radius 1 is 1.64 bits per heavy atom. The number of rotatable bonds is 1. The third kappa shape index (κ3) is 1.66. The van der Waals surface area contributed by atoms with Crippen LogP contribution in [0.25, 0.3) is 0 Å². The molecule has 2 rings (SSSR count). The second-order valence-electron chi connectivity index (χ2n) is 3.55. The topological polar surface area (TPSA) is 45.9 Å². The third-order valence-corrected chi connectivity index (χ3v) is 3.55. The molecular weight excluding hydrogens is 196 g/mol. The van der Waals surface area contributed by atoms with Gasteiger partial charge in [-0.05, 0) is 13.8 Å². The largest absolute Gasteiger partial charge is 0.370 e. The predicted molar refractivity (Wildman–Crippen MR) is 54.1 cm³/mol. The van der Waals surface area contributed by atoms with E-state index >= 15 is 0 Å². The van der Waals surface area contributed by atoms with Crippen molar-refractivity contribution in [1.82, 2.24) is 4.98 Å². The summed E-state index contributed by atoms with van der Waals surface area (Å²) >= 11 is 1.61. The summed E-state index contributed by atoms with van der Waals surface area (Å²) < 4.78 is 5.69. The molecule has 2 atom stereocenters. The Kier molecular flexibility index (Phi) is 2.53. The Hall–Kier alpha value is -0.920. The van der Waals surface area contributed by atoms with Gasteiger partial charge in [0.15, 0.2) is 0 Å². The highest BCUT2D eigenvalue weighted by Gasteiger charge is 2.25. The van der Waals surface area contributed by atoms with E-state index in [1.165, 1.54) is 4.88 Å². The Balaban J connectivity index is 2.31. The molecule has 1 aromatic rings. The van der Waals surface area contributed by atoms with Crippen molar-refractivity contribution in [3.05, 3.63) is 15.6 Å². The SMILES string of the molecule is CC1Cc2nc(CC#N)sc2C(C)O1. The lowest BCUT2D eigenvalue weighted by Crippen LogP contribution is -2.20. The summed E-state index contributed by atoms with van der Waals surface area (Å²) in [5.74, 6) is 0. The van der Waals surface area contributed by atoms with E-state index in [0.717, 1.165) is 17.1 Å². The second kappa shape index (κ2) is 3.68. The van der Waals surface area contributed by atoms with Crippen LogP contribution in [0.2, 0.25) is 0 Å². The van der Waals surface area contributed by atoms with E-state index in [2.05, 4.69) is 18.0 Å². The van der Waals surface area contributed by atoms with Gasteiger partial charge in [0, 0.05) is 6.42 Å². The molecule has 0 saturated heterocycles. The van der Waals surface area contributed by atoms with Crippen molar-refractivity contribution in [2.24, 2.45) is 0 Å². The molecule has 2 unspecified atom stereocenters. The van der Waals surface area contributed by atoms with Gasteiger partial charge in [-0.2, -0.15) is 5.26 Å². The Morgan fingerprint density at radius 3 is 3.14 bits per heavy atom. The fourth-order valence-electron chi connectivity index (χ4n) is 1.75. The molecule has 0 amide bonds. The average molecular weight is 208 g/mol. The van der Waals surface area contributed by atoms with Gasteiger partial charge in [0.1, 0.15) is 5.01 Å². The van der Waals surface area contributed by atoms with Crippen LogP contribution in [-0.2, 0) is 17.6 Å². The molecule has 0 N–H and O–H groups in total. The second-order valence-corrected chi connectivity index (χ2v) is 4.66. The van der Waals surface area contributed by atoms with Crippen LogP contribution in [0.15, 0.2) is 0 Å². The van der Waals surface area contributed by atoms with Gasteiger partial charge in [-0.15, -0.1) is 11.3 Å². The van der Waals surface area contributed by atoms with Gasteiger partial charge in [0.05, 0.1) is 35.3 Å². The highest BCUT2D eigenvalue weighted by molar-refractivity contribution is 7.11. The zero-order valence-corrected chi connectivity index (χ0v) is 9.10. The number of fused-ring (bicyclic) bond motifs is 1. The first-order valence-electron chi connectivity index (χ1n) is 4.71. The first kappa shape index (κ1) is 9.63. The maximum absolute atomic E-state index is 8.58. The molecule has 1 aromatic heterocycles. The summed E-state index contributed by atoms with van der Waals surface area (Å²) in [5, 5.41) is 9.50. The van der Waals surface area contributed by atoms with Crippen LogP contribution in [0.5, 0.6) is 0 Å². The fourth-order valence-corrected chi connectivity index (χ4v) is 2.77. The maximum Gasteiger partial charge on any atom is 0.107 e. The molecule has 4 heteroatoms. The Labute approximate surface area is 87.3 Å². The van der Waals surface area contributed by atoms with Crippen molar-refractivity contribution in [3.63, 3.8) is 0 Å². The summed E-state index contributed by atoms with van der Waals surface area (Å²) in [6.07, 6.45) is 1.67. The van der Waals surface area contributed by atoms with Crippen molar-refractivity contribution in [3.8, 4) is 6.07 Å². The number of aromatic nitrogens is 1. The minimum atomic E-state index is 0.138. The summed E-state index contributed by atoms with van der Waals surface area (Å²) in [7, 11) is 0. The fraction of sp³-hybridized carbons (Fsp3) is 0.600. The number of ether oxygens (including phenoxy) is 1. The van der Waals surface area contributed by atoms with Crippen molar-refractivity contribution in [2.75, 3.05) is 0 Å². The first-order valence-corrected chi connectivity index (χ1v) is 5.53. The van der Waals surface area contributed by atoms with E-state index < -0.39 is 0 Å². The molecule has 14 heavy (non-hydrogen) atoms. The monoisotopic (exact) mass is 208 g/mol. The van der Waals surface area contributed by atoms with Crippen LogP contribution in [0.4, 0.5) is 0 Å². The molecule has 0 aliphatic carbocycles. The molecule has 1 aliphatic rings. The number of nitrogens with zero attached hydrogens (tertiary/aromatic N) is 2. The van der Waals surface area contributed by atoms with E-state index in [0.29, 0.717) is 6.42 Å². The van der Waals surface area contributed by atoms with Crippen LogP contribution >= 0.6 is 11.3 Å². The highest BCUT2D eigenvalue weighted by Crippen LogP contribution is 2.34.